The third kappa shape index (κ3) is 4.92. The number of nitrogens with one attached hydrogen (secondary N) is 1. The van der Waals surface area contributed by atoms with Crippen molar-refractivity contribution in [1.82, 2.24) is 10.2 Å². The molecule has 1 aliphatic heterocycles. The lowest BCUT2D eigenvalue weighted by molar-refractivity contribution is -0.136. The number of hydrogen-bond acceptors (Lipinski definition) is 3. The summed E-state index contributed by atoms with van der Waals surface area (Å²) in [4.78, 5) is 14.0. The third-order valence-electron chi connectivity index (χ3n) is 3.28. The van der Waals surface area contributed by atoms with Gasteiger partial charge in [0.2, 0.25) is 5.91 Å². The largest absolute Gasteiger partial charge is 0.378 e. The number of rotatable bonds is 4. The Bertz CT molecular complexity index is 484. The maximum Gasteiger partial charge on any atom is 0.242 e. The molecule has 1 heterocycles. The van der Waals surface area contributed by atoms with Crippen molar-refractivity contribution < 1.29 is 13.9 Å². The predicted octanol–water partition coefficient (Wildman–Crippen LogP) is 2.35. The Morgan fingerprint density at radius 2 is 2.33 bits per heavy atom. The molecule has 1 unspecified atom stereocenters. The van der Waals surface area contributed by atoms with Gasteiger partial charge in [-0.15, -0.1) is 12.4 Å². The van der Waals surface area contributed by atoms with Gasteiger partial charge in [-0.25, -0.2) is 4.39 Å². The zero-order chi connectivity index (χ0) is 14.5. The lowest BCUT2D eigenvalue weighted by Gasteiger charge is -2.29. The molecule has 7 heteroatoms. The van der Waals surface area contributed by atoms with E-state index in [0.29, 0.717) is 31.9 Å². The summed E-state index contributed by atoms with van der Waals surface area (Å²) in [6.45, 7) is 4.34. The molecule has 0 saturated carbocycles. The van der Waals surface area contributed by atoms with Crippen molar-refractivity contribution in [3.05, 3.63) is 34.1 Å². The number of hydrogen-bond donors (Lipinski definition) is 1. The number of carbonyl (C=O) groups is 1. The highest BCUT2D eigenvalue weighted by molar-refractivity contribution is 9.10. The monoisotopic (exact) mass is 380 g/mol. The van der Waals surface area contributed by atoms with E-state index < -0.39 is 0 Å². The van der Waals surface area contributed by atoms with Crippen LogP contribution >= 0.6 is 28.3 Å². The molecule has 1 amide bonds. The predicted molar refractivity (Wildman–Crippen MR) is 85.0 cm³/mol. The lowest BCUT2D eigenvalue weighted by Crippen LogP contribution is -2.52. The van der Waals surface area contributed by atoms with Crippen LogP contribution in [0, 0.1) is 5.82 Å². The van der Waals surface area contributed by atoms with Gasteiger partial charge in [0, 0.05) is 29.7 Å². The van der Waals surface area contributed by atoms with E-state index in [1.54, 1.807) is 17.0 Å². The first-order valence-electron chi connectivity index (χ1n) is 6.65. The summed E-state index contributed by atoms with van der Waals surface area (Å²) in [6.07, 6.45) is 0. The second-order valence-corrected chi connectivity index (χ2v) is 5.59. The minimum absolute atomic E-state index is 0. The Morgan fingerprint density at radius 1 is 1.57 bits per heavy atom. The minimum atomic E-state index is -0.334. The normalized spacial score (nSPS) is 18.0. The maximum atomic E-state index is 13.8. The smallest absolute Gasteiger partial charge is 0.242 e. The molecule has 118 valence electrons. The van der Waals surface area contributed by atoms with Crippen LogP contribution in [0.25, 0.3) is 0 Å². The SMILES string of the molecule is CCN(Cc1cc(Br)ccc1F)C(=O)C1COCCN1.Cl. The molecule has 1 fully saturated rings. The maximum absolute atomic E-state index is 13.8. The van der Waals surface area contributed by atoms with Crippen LogP contribution in [0.4, 0.5) is 4.39 Å². The number of amides is 1. The zero-order valence-corrected chi connectivity index (χ0v) is 14.2. The van der Waals surface area contributed by atoms with Gasteiger partial charge in [-0.2, -0.15) is 0 Å². The highest BCUT2D eigenvalue weighted by Gasteiger charge is 2.26. The van der Waals surface area contributed by atoms with Gasteiger partial charge in [-0.3, -0.25) is 4.79 Å². The van der Waals surface area contributed by atoms with Gasteiger partial charge >= 0.3 is 0 Å². The molecule has 21 heavy (non-hydrogen) atoms. The zero-order valence-electron chi connectivity index (χ0n) is 11.8. The van der Waals surface area contributed by atoms with Gasteiger partial charge in [-0.05, 0) is 25.1 Å². The number of morpholine rings is 1. The van der Waals surface area contributed by atoms with Crippen LogP contribution in [0.2, 0.25) is 0 Å². The van der Waals surface area contributed by atoms with Crippen LogP contribution in [0.15, 0.2) is 22.7 Å². The quantitative estimate of drug-likeness (QED) is 0.870. The molecule has 1 aromatic carbocycles. The molecule has 4 nitrogen and oxygen atoms in total. The van der Waals surface area contributed by atoms with E-state index in [9.17, 15) is 9.18 Å². The van der Waals surface area contributed by atoms with Gasteiger partial charge in [0.15, 0.2) is 0 Å². The standard InChI is InChI=1S/C14H18BrFN2O2.ClH/c1-2-18(14(19)13-9-20-6-5-17-13)8-10-7-11(15)3-4-12(10)16;/h3-4,7,13,17H,2,5-6,8-9H2,1H3;1H. The molecule has 1 N–H and O–H groups in total. The van der Waals surface area contributed by atoms with Crippen LogP contribution in [-0.2, 0) is 16.1 Å². The Balaban J connectivity index is 0.00000220. The van der Waals surface area contributed by atoms with E-state index in [-0.39, 0.29) is 36.7 Å². The molecule has 0 spiro atoms. The number of carbonyl (C=O) groups excluding carboxylic acids is 1. The first-order valence-corrected chi connectivity index (χ1v) is 7.45. The fraction of sp³-hybridized carbons (Fsp3) is 0.500. The average Bonchev–Trinajstić information content (AvgIpc) is 2.48. The number of nitrogens with zero attached hydrogens (tertiary/aromatic N) is 1. The summed E-state index contributed by atoms with van der Waals surface area (Å²) in [7, 11) is 0. The van der Waals surface area contributed by atoms with Crippen molar-refractivity contribution in [2.24, 2.45) is 0 Å². The Hall–Kier alpha value is -0.690. The van der Waals surface area contributed by atoms with Gasteiger partial charge < -0.3 is 15.0 Å². The molecule has 1 aliphatic rings. The fourth-order valence-corrected chi connectivity index (χ4v) is 2.57. The van der Waals surface area contributed by atoms with Crippen LogP contribution < -0.4 is 5.32 Å². The van der Waals surface area contributed by atoms with Crippen LogP contribution in [0.3, 0.4) is 0 Å². The summed E-state index contributed by atoms with van der Waals surface area (Å²) in [6, 6.07) is 4.42. The second-order valence-electron chi connectivity index (χ2n) is 4.67. The summed E-state index contributed by atoms with van der Waals surface area (Å²) in [5.41, 5.74) is 0.506. The van der Waals surface area contributed by atoms with E-state index in [4.69, 9.17) is 4.74 Å². The van der Waals surface area contributed by atoms with Crippen molar-refractivity contribution in [3.8, 4) is 0 Å². The van der Waals surface area contributed by atoms with Crippen LogP contribution in [-0.4, -0.2) is 43.2 Å². The first kappa shape index (κ1) is 18.4. The van der Waals surface area contributed by atoms with Gasteiger partial charge in [-0.1, -0.05) is 15.9 Å². The number of benzene rings is 1. The number of ether oxygens (including phenoxy) is 1. The fourth-order valence-electron chi connectivity index (χ4n) is 2.16. The number of halogens is 3. The van der Waals surface area contributed by atoms with Crippen molar-refractivity contribution in [1.29, 1.82) is 0 Å². The topological polar surface area (TPSA) is 41.6 Å². The molecule has 1 saturated heterocycles. The second kappa shape index (κ2) is 8.68. The average molecular weight is 382 g/mol. The molecule has 0 bridgehead atoms. The summed E-state index contributed by atoms with van der Waals surface area (Å²) in [5, 5.41) is 3.13. The first-order chi connectivity index (χ1) is 9.61. The van der Waals surface area contributed by atoms with Crippen molar-refractivity contribution in [3.63, 3.8) is 0 Å². The number of likely N-dealkylation sites (N-methyl/N-ethyl adjacent to an activating group) is 1. The summed E-state index contributed by atoms with van der Waals surface area (Å²) < 4.78 is 19.9. The van der Waals surface area contributed by atoms with Crippen molar-refractivity contribution in [2.75, 3.05) is 26.3 Å². The summed E-state index contributed by atoms with van der Waals surface area (Å²) in [5.74, 6) is -0.348. The van der Waals surface area contributed by atoms with E-state index in [0.717, 1.165) is 4.47 Å². The highest BCUT2D eigenvalue weighted by atomic mass is 79.9. The van der Waals surface area contributed by atoms with E-state index >= 15 is 0 Å². The Morgan fingerprint density at radius 3 is 2.95 bits per heavy atom. The van der Waals surface area contributed by atoms with Gasteiger partial charge in [0.05, 0.1) is 13.2 Å². The Labute approximate surface area is 138 Å². The van der Waals surface area contributed by atoms with E-state index in [2.05, 4.69) is 21.2 Å². The van der Waals surface area contributed by atoms with Gasteiger partial charge in [0.25, 0.3) is 0 Å². The minimum Gasteiger partial charge on any atom is -0.378 e. The molecule has 0 aliphatic carbocycles. The van der Waals surface area contributed by atoms with Crippen LogP contribution in [0.1, 0.15) is 12.5 Å². The molecule has 1 aromatic rings. The molecular weight excluding hydrogens is 363 g/mol. The molecule has 1 atom stereocenters. The van der Waals surface area contributed by atoms with Crippen molar-refractivity contribution >= 4 is 34.2 Å². The molecule has 0 radical (unpaired) electrons. The van der Waals surface area contributed by atoms with Crippen molar-refractivity contribution in [2.45, 2.75) is 19.5 Å². The Kier molecular flexibility index (Phi) is 7.59. The molecular formula is C14H19BrClFN2O2. The lowest BCUT2D eigenvalue weighted by atomic mass is 10.1. The van der Waals surface area contributed by atoms with E-state index in [1.165, 1.54) is 6.07 Å². The third-order valence-corrected chi connectivity index (χ3v) is 3.78. The van der Waals surface area contributed by atoms with E-state index in [1.807, 2.05) is 6.92 Å². The molecule has 2 rings (SSSR count). The highest BCUT2D eigenvalue weighted by Crippen LogP contribution is 2.17. The summed E-state index contributed by atoms with van der Waals surface area (Å²) >= 11 is 3.32. The van der Waals surface area contributed by atoms with Crippen LogP contribution in [0.5, 0.6) is 0 Å². The van der Waals surface area contributed by atoms with Gasteiger partial charge in [0.1, 0.15) is 11.9 Å². The molecule has 0 aromatic heterocycles.